The number of furan rings is 1. The highest BCUT2D eigenvalue weighted by molar-refractivity contribution is 6.06. The van der Waals surface area contributed by atoms with Gasteiger partial charge in [-0.05, 0) is 145 Å². The molecular formula is C65H49NO. The topological polar surface area (TPSA) is 16.4 Å². The molecule has 2 nitrogen and oxygen atoms in total. The first-order valence-corrected chi connectivity index (χ1v) is 23.3. The average Bonchev–Trinajstić information content (AvgIpc) is 3.90. The van der Waals surface area contributed by atoms with E-state index in [9.17, 15) is 0 Å². The molecule has 1 heterocycles. The highest BCUT2D eigenvalue weighted by Crippen LogP contribution is 2.62. The second kappa shape index (κ2) is 15.8. The van der Waals surface area contributed by atoms with Crippen LogP contribution in [0.25, 0.3) is 66.4 Å². The van der Waals surface area contributed by atoms with Gasteiger partial charge in [0.1, 0.15) is 11.2 Å². The Labute approximate surface area is 393 Å². The van der Waals surface area contributed by atoms with Crippen LogP contribution in [0.2, 0.25) is 0 Å². The molecule has 0 fully saturated rings. The molecule has 1 aromatic heterocycles. The van der Waals surface area contributed by atoms with E-state index in [1.807, 2.05) is 18.2 Å². The summed E-state index contributed by atoms with van der Waals surface area (Å²) in [5.74, 6) is 0. The molecule has 320 valence electrons. The number of allylic oxidation sites excluding steroid dienone is 5. The maximum absolute atomic E-state index is 6.26. The third-order valence-electron chi connectivity index (χ3n) is 14.6. The van der Waals surface area contributed by atoms with Crippen LogP contribution in [0.3, 0.4) is 0 Å². The molecular weight excluding hydrogens is 811 g/mol. The van der Waals surface area contributed by atoms with Gasteiger partial charge in [-0.2, -0.15) is 0 Å². The lowest BCUT2D eigenvalue weighted by Crippen LogP contribution is -2.40. The standard InChI is InChI=1S/C65H49NO/c1-5-6-20-57-43(2)65(61-23-14-13-22-60(61)64(57,3)4)58-21-12-10-18-53(58)56-41-48(32-40-59(56)65)46-27-35-51(36-28-46)66(50-33-25-45(26-34-50)44-16-8-7-9-17-44)52-37-29-47(30-38-52)49-31-39-55-54-19-11-15-24-62(54)67-63(55)42-49/h5-42H,1H2,2-4H3/b20-6-. The molecule has 0 saturated carbocycles. The van der Waals surface area contributed by atoms with Crippen molar-refractivity contribution in [3.63, 3.8) is 0 Å². The Morgan fingerprint density at radius 1 is 0.433 bits per heavy atom. The quantitative estimate of drug-likeness (QED) is 0.142. The summed E-state index contributed by atoms with van der Waals surface area (Å²) < 4.78 is 6.26. The average molecular weight is 860 g/mol. The minimum atomic E-state index is -0.409. The molecule has 67 heavy (non-hydrogen) atoms. The van der Waals surface area contributed by atoms with Gasteiger partial charge < -0.3 is 9.32 Å². The molecule has 1 spiro atoms. The van der Waals surface area contributed by atoms with Gasteiger partial charge in [0.15, 0.2) is 0 Å². The van der Waals surface area contributed by atoms with E-state index >= 15 is 0 Å². The van der Waals surface area contributed by atoms with Crippen molar-refractivity contribution >= 4 is 39.0 Å². The fraction of sp³-hybridized carbons (Fsp3) is 0.0769. The van der Waals surface area contributed by atoms with Gasteiger partial charge in [0.05, 0.1) is 5.41 Å². The first-order valence-electron chi connectivity index (χ1n) is 23.3. The molecule has 0 bridgehead atoms. The molecule has 1 unspecified atom stereocenters. The number of hydrogen-bond acceptors (Lipinski definition) is 2. The van der Waals surface area contributed by atoms with Crippen molar-refractivity contribution in [2.24, 2.45) is 0 Å². The monoisotopic (exact) mass is 859 g/mol. The van der Waals surface area contributed by atoms with Crippen LogP contribution in [-0.4, -0.2) is 0 Å². The van der Waals surface area contributed by atoms with Gasteiger partial charge in [-0.15, -0.1) is 0 Å². The van der Waals surface area contributed by atoms with Crippen molar-refractivity contribution in [1.29, 1.82) is 0 Å². The zero-order chi connectivity index (χ0) is 45.3. The summed E-state index contributed by atoms with van der Waals surface area (Å²) in [5.41, 5.74) is 22.2. The summed E-state index contributed by atoms with van der Waals surface area (Å²) in [4.78, 5) is 2.35. The Morgan fingerprint density at radius 2 is 0.925 bits per heavy atom. The van der Waals surface area contributed by atoms with Crippen LogP contribution in [0, 0.1) is 0 Å². The Balaban J connectivity index is 0.934. The van der Waals surface area contributed by atoms with Crippen LogP contribution in [0.5, 0.6) is 0 Å². The molecule has 9 aromatic carbocycles. The number of fused-ring (bicyclic) bond motifs is 10. The van der Waals surface area contributed by atoms with E-state index in [1.165, 1.54) is 66.8 Å². The number of nitrogens with zero attached hydrogens (tertiary/aromatic N) is 1. The van der Waals surface area contributed by atoms with Crippen molar-refractivity contribution < 1.29 is 4.42 Å². The molecule has 0 N–H and O–H groups in total. The van der Waals surface area contributed by atoms with Gasteiger partial charge in [-0.1, -0.05) is 190 Å². The third-order valence-corrected chi connectivity index (χ3v) is 14.6. The molecule has 0 amide bonds. The van der Waals surface area contributed by atoms with Crippen LogP contribution in [0.1, 0.15) is 43.0 Å². The summed E-state index contributed by atoms with van der Waals surface area (Å²) in [6, 6.07) is 77.5. The van der Waals surface area contributed by atoms with E-state index < -0.39 is 5.41 Å². The van der Waals surface area contributed by atoms with Crippen molar-refractivity contribution in [3.05, 3.63) is 271 Å². The molecule has 0 aliphatic heterocycles. The van der Waals surface area contributed by atoms with Gasteiger partial charge in [-0.25, -0.2) is 0 Å². The normalized spacial score (nSPS) is 15.8. The SMILES string of the molecule is C=C/C=C\C1=C(C)C2(c3ccccc3-c3cc(-c4ccc(N(c5ccc(-c6ccccc6)cc5)c5ccc(-c6ccc7c(c6)oc6ccccc67)cc5)cc4)ccc32)c2ccccc2C1(C)C. The number of rotatable bonds is 8. The molecule has 0 saturated heterocycles. The van der Waals surface area contributed by atoms with Crippen LogP contribution in [0.15, 0.2) is 253 Å². The lowest BCUT2D eigenvalue weighted by atomic mass is 9.56. The lowest BCUT2D eigenvalue weighted by Gasteiger charge is -2.46. The Morgan fingerprint density at radius 3 is 1.60 bits per heavy atom. The van der Waals surface area contributed by atoms with Crippen LogP contribution >= 0.6 is 0 Å². The first-order chi connectivity index (χ1) is 32.8. The lowest BCUT2D eigenvalue weighted by molar-refractivity contribution is 0.558. The van der Waals surface area contributed by atoms with Crippen molar-refractivity contribution in [2.45, 2.75) is 31.6 Å². The molecule has 0 radical (unpaired) electrons. The first kappa shape index (κ1) is 40.3. The second-order valence-corrected chi connectivity index (χ2v) is 18.5. The van der Waals surface area contributed by atoms with Crippen molar-refractivity contribution in [2.75, 3.05) is 4.90 Å². The summed E-state index contributed by atoms with van der Waals surface area (Å²) in [6.45, 7) is 11.1. The predicted molar refractivity (Wildman–Crippen MR) is 282 cm³/mol. The maximum atomic E-state index is 6.26. The number of anilines is 3. The maximum Gasteiger partial charge on any atom is 0.136 e. The summed E-state index contributed by atoms with van der Waals surface area (Å²) in [5, 5.41) is 2.28. The second-order valence-electron chi connectivity index (χ2n) is 18.5. The Bertz CT molecular complexity index is 3600. The zero-order valence-electron chi connectivity index (χ0n) is 38.0. The molecule has 12 rings (SSSR count). The van der Waals surface area contributed by atoms with E-state index in [4.69, 9.17) is 4.42 Å². The van der Waals surface area contributed by atoms with E-state index in [-0.39, 0.29) is 5.41 Å². The Kier molecular flexibility index (Phi) is 9.48. The van der Waals surface area contributed by atoms with Gasteiger partial charge >= 0.3 is 0 Å². The molecule has 2 heteroatoms. The third kappa shape index (κ3) is 6.32. The number of hydrogen-bond donors (Lipinski definition) is 0. The van der Waals surface area contributed by atoms with Crippen LogP contribution < -0.4 is 4.90 Å². The summed E-state index contributed by atoms with van der Waals surface area (Å²) in [6.07, 6.45) is 6.27. The molecule has 10 aromatic rings. The Hall–Kier alpha value is -8.20. The summed E-state index contributed by atoms with van der Waals surface area (Å²) >= 11 is 0. The molecule has 1 atom stereocenters. The number of benzene rings is 9. The highest BCUT2D eigenvalue weighted by atomic mass is 16.3. The van der Waals surface area contributed by atoms with Gasteiger partial charge in [0.25, 0.3) is 0 Å². The smallest absolute Gasteiger partial charge is 0.136 e. The minimum Gasteiger partial charge on any atom is -0.456 e. The fourth-order valence-electron chi connectivity index (χ4n) is 11.4. The van der Waals surface area contributed by atoms with Crippen molar-refractivity contribution in [3.8, 4) is 44.5 Å². The largest absolute Gasteiger partial charge is 0.456 e. The van der Waals surface area contributed by atoms with Crippen molar-refractivity contribution in [1.82, 2.24) is 0 Å². The molecule has 2 aliphatic rings. The van der Waals surface area contributed by atoms with E-state index in [0.29, 0.717) is 0 Å². The highest BCUT2D eigenvalue weighted by Gasteiger charge is 2.52. The van der Waals surface area contributed by atoms with E-state index in [2.05, 4.69) is 245 Å². The van der Waals surface area contributed by atoms with Crippen LogP contribution in [-0.2, 0) is 10.8 Å². The van der Waals surface area contributed by atoms with Gasteiger partial charge in [0.2, 0.25) is 0 Å². The fourth-order valence-corrected chi connectivity index (χ4v) is 11.4. The summed E-state index contributed by atoms with van der Waals surface area (Å²) in [7, 11) is 0. The number of para-hydroxylation sites is 1. The molecule has 2 aliphatic carbocycles. The van der Waals surface area contributed by atoms with Gasteiger partial charge in [0, 0.05) is 33.2 Å². The van der Waals surface area contributed by atoms with Crippen LogP contribution in [0.4, 0.5) is 17.1 Å². The van der Waals surface area contributed by atoms with E-state index in [1.54, 1.807) is 0 Å². The van der Waals surface area contributed by atoms with E-state index in [0.717, 1.165) is 50.1 Å². The van der Waals surface area contributed by atoms with Gasteiger partial charge in [-0.3, -0.25) is 0 Å². The zero-order valence-corrected chi connectivity index (χ0v) is 38.0. The minimum absolute atomic E-state index is 0.171. The predicted octanol–water partition coefficient (Wildman–Crippen LogP) is 17.7.